The number of ether oxygens (including phenoxy) is 1. The molecule has 3 N–H and O–H groups in total. The second-order valence-electron chi connectivity index (χ2n) is 4.61. The zero-order valence-corrected chi connectivity index (χ0v) is 10.9. The molecule has 2 aromatic rings. The summed E-state index contributed by atoms with van der Waals surface area (Å²) in [6.07, 6.45) is 3.39. The smallest absolute Gasteiger partial charge is 0.219 e. The molecule has 2 heterocycles. The van der Waals surface area contributed by atoms with Gasteiger partial charge in [-0.1, -0.05) is 17.3 Å². The van der Waals surface area contributed by atoms with Gasteiger partial charge in [0.05, 0.1) is 6.61 Å². The summed E-state index contributed by atoms with van der Waals surface area (Å²) in [7, 11) is 0. The van der Waals surface area contributed by atoms with Crippen LogP contribution in [-0.4, -0.2) is 32.4 Å². The van der Waals surface area contributed by atoms with E-state index in [1.807, 2.05) is 6.07 Å². The highest BCUT2D eigenvalue weighted by molar-refractivity contribution is 5.93. The van der Waals surface area contributed by atoms with E-state index in [9.17, 15) is 0 Å². The summed E-state index contributed by atoms with van der Waals surface area (Å²) in [6, 6.07) is 6.25. The molecule has 0 saturated carbocycles. The van der Waals surface area contributed by atoms with Crippen LogP contribution in [0.3, 0.4) is 0 Å². The van der Waals surface area contributed by atoms with Crippen LogP contribution in [0.25, 0.3) is 0 Å². The van der Waals surface area contributed by atoms with E-state index in [0.29, 0.717) is 6.54 Å². The van der Waals surface area contributed by atoms with Crippen LogP contribution in [0.15, 0.2) is 29.7 Å². The molecule has 0 fully saturated rings. The van der Waals surface area contributed by atoms with Crippen molar-refractivity contribution in [1.82, 2.24) is 14.8 Å². The van der Waals surface area contributed by atoms with Crippen molar-refractivity contribution in [2.24, 2.45) is 10.9 Å². The average molecular weight is 273 g/mol. The Morgan fingerprint density at radius 2 is 2.40 bits per heavy atom. The van der Waals surface area contributed by atoms with Crippen LogP contribution in [0.2, 0.25) is 0 Å². The van der Waals surface area contributed by atoms with Crippen LogP contribution >= 0.6 is 0 Å². The second-order valence-corrected chi connectivity index (χ2v) is 4.61. The maximum Gasteiger partial charge on any atom is 0.219 e. The molecule has 7 nitrogen and oxygen atoms in total. The van der Waals surface area contributed by atoms with Gasteiger partial charge in [-0.15, -0.1) is 5.10 Å². The molecule has 0 bridgehead atoms. The summed E-state index contributed by atoms with van der Waals surface area (Å²) in [5.74, 6) is 1.14. The van der Waals surface area contributed by atoms with Crippen LogP contribution in [0.4, 0.5) is 0 Å². The monoisotopic (exact) mass is 273 g/mol. The molecule has 0 spiro atoms. The minimum atomic E-state index is -0.0848. The molecule has 0 amide bonds. The second kappa shape index (κ2) is 5.20. The molecule has 1 aromatic carbocycles. The number of hydrogen-bond donors (Lipinski definition) is 2. The molecule has 0 aliphatic carbocycles. The summed E-state index contributed by atoms with van der Waals surface area (Å²) >= 11 is 0. The number of hydrogen-bond acceptors (Lipinski definition) is 5. The number of nitrogens with two attached hydrogens (primary N) is 1. The summed E-state index contributed by atoms with van der Waals surface area (Å²) in [5, 5.41) is 15.6. The highest BCUT2D eigenvalue weighted by Crippen LogP contribution is 2.26. The first kappa shape index (κ1) is 12.5. The maximum atomic E-state index is 8.56. The summed E-state index contributed by atoms with van der Waals surface area (Å²) in [5.41, 5.74) is 7.92. The zero-order valence-electron chi connectivity index (χ0n) is 10.9. The van der Waals surface area contributed by atoms with Crippen molar-refractivity contribution in [1.29, 1.82) is 0 Å². The number of amidine groups is 1. The molecule has 1 aliphatic rings. The first-order chi connectivity index (χ1) is 9.76. The highest BCUT2D eigenvalue weighted by atomic mass is 16.5. The van der Waals surface area contributed by atoms with Crippen molar-refractivity contribution < 1.29 is 9.94 Å². The standard InChI is InChI=1S/C13H15N5O2/c14-12(17-19)13-15-8-18(16-13)5-3-9-1-2-11-10(7-9)4-6-20-11/h1-2,7-8,19H,3-6H2,(H2,14,17). The Morgan fingerprint density at radius 1 is 1.50 bits per heavy atom. The molecule has 7 heteroatoms. The first-order valence-corrected chi connectivity index (χ1v) is 6.38. The van der Waals surface area contributed by atoms with Gasteiger partial charge in [-0.05, 0) is 23.6 Å². The Kier molecular flexibility index (Phi) is 3.24. The quantitative estimate of drug-likeness (QED) is 0.367. The van der Waals surface area contributed by atoms with Crippen molar-refractivity contribution >= 4 is 5.84 Å². The van der Waals surface area contributed by atoms with Crippen LogP contribution in [0.1, 0.15) is 17.0 Å². The van der Waals surface area contributed by atoms with E-state index in [-0.39, 0.29) is 11.7 Å². The normalized spacial score (nSPS) is 14.1. The Bertz CT molecular complexity index is 650. The van der Waals surface area contributed by atoms with Crippen molar-refractivity contribution in [2.45, 2.75) is 19.4 Å². The average Bonchev–Trinajstić information content (AvgIpc) is 3.12. The number of fused-ring (bicyclic) bond motifs is 1. The number of nitrogens with zero attached hydrogens (tertiary/aromatic N) is 4. The van der Waals surface area contributed by atoms with Crippen LogP contribution < -0.4 is 10.5 Å². The molecule has 1 aromatic heterocycles. The fourth-order valence-corrected chi connectivity index (χ4v) is 2.20. The van der Waals surface area contributed by atoms with Crippen molar-refractivity contribution in [3.05, 3.63) is 41.5 Å². The van der Waals surface area contributed by atoms with Gasteiger partial charge in [-0.2, -0.15) is 0 Å². The Balaban J connectivity index is 1.66. The largest absolute Gasteiger partial charge is 0.493 e. The number of benzene rings is 1. The van der Waals surface area contributed by atoms with E-state index in [1.165, 1.54) is 11.1 Å². The molecule has 104 valence electrons. The predicted molar refractivity (Wildman–Crippen MR) is 71.9 cm³/mol. The zero-order chi connectivity index (χ0) is 13.9. The SMILES string of the molecule is NC(=NO)c1ncn(CCc2ccc3c(c2)CCO3)n1. The first-order valence-electron chi connectivity index (χ1n) is 6.38. The third-order valence-electron chi connectivity index (χ3n) is 3.26. The van der Waals surface area contributed by atoms with Gasteiger partial charge in [0, 0.05) is 13.0 Å². The summed E-state index contributed by atoms with van der Waals surface area (Å²) < 4.78 is 7.16. The van der Waals surface area contributed by atoms with Crippen molar-refractivity contribution in [3.63, 3.8) is 0 Å². The minimum Gasteiger partial charge on any atom is -0.493 e. The molecule has 3 rings (SSSR count). The van der Waals surface area contributed by atoms with Crippen molar-refractivity contribution in [2.75, 3.05) is 6.61 Å². The number of oxime groups is 1. The molecule has 0 saturated heterocycles. The highest BCUT2D eigenvalue weighted by Gasteiger charge is 2.12. The molecule has 1 aliphatic heterocycles. The molecule has 0 radical (unpaired) electrons. The Hall–Kier alpha value is -2.57. The fraction of sp³-hybridized carbons (Fsp3) is 0.308. The summed E-state index contributed by atoms with van der Waals surface area (Å²) in [4.78, 5) is 3.97. The minimum absolute atomic E-state index is 0.0848. The van der Waals surface area contributed by atoms with Gasteiger partial charge in [-0.25, -0.2) is 4.98 Å². The van der Waals surface area contributed by atoms with Crippen LogP contribution in [-0.2, 0) is 19.4 Å². The Morgan fingerprint density at radius 3 is 3.25 bits per heavy atom. The molecule has 0 atom stereocenters. The number of aryl methyl sites for hydroxylation is 2. The lowest BCUT2D eigenvalue weighted by Gasteiger charge is -2.04. The van der Waals surface area contributed by atoms with Gasteiger partial charge in [0.15, 0.2) is 0 Å². The number of aromatic nitrogens is 3. The van der Waals surface area contributed by atoms with E-state index in [4.69, 9.17) is 15.7 Å². The molecule has 0 unspecified atom stereocenters. The van der Waals surface area contributed by atoms with Gasteiger partial charge in [-0.3, -0.25) is 4.68 Å². The maximum absolute atomic E-state index is 8.56. The van der Waals surface area contributed by atoms with Gasteiger partial charge in [0.25, 0.3) is 0 Å². The van der Waals surface area contributed by atoms with E-state index >= 15 is 0 Å². The third kappa shape index (κ3) is 2.42. The molecular formula is C13H15N5O2. The molecule has 20 heavy (non-hydrogen) atoms. The van der Waals surface area contributed by atoms with E-state index in [2.05, 4.69) is 27.4 Å². The van der Waals surface area contributed by atoms with E-state index in [1.54, 1.807) is 11.0 Å². The number of rotatable bonds is 4. The lowest BCUT2D eigenvalue weighted by Crippen LogP contribution is -2.15. The topological polar surface area (TPSA) is 98.6 Å². The fourth-order valence-electron chi connectivity index (χ4n) is 2.20. The van der Waals surface area contributed by atoms with Crippen LogP contribution in [0, 0.1) is 0 Å². The third-order valence-corrected chi connectivity index (χ3v) is 3.26. The Labute approximate surface area is 115 Å². The van der Waals surface area contributed by atoms with E-state index < -0.39 is 0 Å². The predicted octanol–water partition coefficient (Wildman–Crippen LogP) is 0.550. The van der Waals surface area contributed by atoms with Gasteiger partial charge in [0.2, 0.25) is 11.7 Å². The van der Waals surface area contributed by atoms with Gasteiger partial charge in [0.1, 0.15) is 12.1 Å². The molecular weight excluding hydrogens is 258 g/mol. The van der Waals surface area contributed by atoms with Gasteiger partial charge < -0.3 is 15.7 Å². The lowest BCUT2D eigenvalue weighted by molar-refractivity contribution is 0.318. The summed E-state index contributed by atoms with van der Waals surface area (Å²) in [6.45, 7) is 1.45. The van der Waals surface area contributed by atoms with Crippen LogP contribution in [0.5, 0.6) is 5.75 Å². The van der Waals surface area contributed by atoms with E-state index in [0.717, 1.165) is 25.2 Å². The van der Waals surface area contributed by atoms with Crippen molar-refractivity contribution in [3.8, 4) is 5.75 Å². The lowest BCUT2D eigenvalue weighted by atomic mass is 10.1. The van der Waals surface area contributed by atoms with Gasteiger partial charge >= 0.3 is 0 Å².